The molecule has 0 aromatic carbocycles. The first-order valence-electron chi connectivity index (χ1n) is 26.3. The van der Waals surface area contributed by atoms with E-state index in [9.17, 15) is 14.4 Å². The lowest BCUT2D eigenvalue weighted by atomic mass is 10.0. The van der Waals surface area contributed by atoms with Gasteiger partial charge in [-0.25, -0.2) is 0 Å². The molecule has 62 heavy (non-hydrogen) atoms. The molecule has 0 unspecified atom stereocenters. The molecule has 0 amide bonds. The highest BCUT2D eigenvalue weighted by Gasteiger charge is 2.19. The topological polar surface area (TPSA) is 78.9 Å². The minimum absolute atomic E-state index is 0.0814. The average Bonchev–Trinajstić information content (AvgIpc) is 3.27. The summed E-state index contributed by atoms with van der Waals surface area (Å²) in [5.41, 5.74) is 0. The maximum absolute atomic E-state index is 12.8. The van der Waals surface area contributed by atoms with E-state index < -0.39 is 6.10 Å². The van der Waals surface area contributed by atoms with E-state index in [0.29, 0.717) is 19.3 Å². The van der Waals surface area contributed by atoms with Gasteiger partial charge in [-0.3, -0.25) is 14.4 Å². The van der Waals surface area contributed by atoms with Crippen molar-refractivity contribution in [2.45, 2.75) is 264 Å². The second-order valence-corrected chi connectivity index (χ2v) is 17.4. The maximum atomic E-state index is 12.8. The molecule has 0 aromatic rings. The van der Waals surface area contributed by atoms with Gasteiger partial charge < -0.3 is 14.2 Å². The number of hydrogen-bond donors (Lipinski definition) is 0. The fraction of sp³-hybridized carbons (Fsp3) is 0.768. The second-order valence-electron chi connectivity index (χ2n) is 17.4. The van der Waals surface area contributed by atoms with Crippen LogP contribution in [0, 0.1) is 0 Å². The maximum Gasteiger partial charge on any atom is 0.306 e. The second kappa shape index (κ2) is 50.8. The monoisotopic (exact) mass is 867 g/mol. The Balaban J connectivity index is 4.40. The summed E-state index contributed by atoms with van der Waals surface area (Å²) < 4.78 is 16.8. The van der Waals surface area contributed by atoms with Gasteiger partial charge in [-0.2, -0.15) is 0 Å². The summed E-state index contributed by atoms with van der Waals surface area (Å²) in [7, 11) is 0. The number of esters is 3. The Morgan fingerprint density at radius 1 is 0.339 bits per heavy atom. The van der Waals surface area contributed by atoms with E-state index in [0.717, 1.165) is 96.3 Å². The molecule has 0 aliphatic rings. The van der Waals surface area contributed by atoms with Crippen LogP contribution in [0.15, 0.2) is 60.8 Å². The van der Waals surface area contributed by atoms with Crippen LogP contribution in [0.4, 0.5) is 0 Å². The first-order chi connectivity index (χ1) is 30.5. The minimum atomic E-state index is -0.783. The number of carbonyl (C=O) groups excluding carboxylic acids is 3. The van der Waals surface area contributed by atoms with Crippen LogP contribution in [0.25, 0.3) is 0 Å². The molecule has 0 aliphatic carbocycles. The van der Waals surface area contributed by atoms with Crippen molar-refractivity contribution in [2.24, 2.45) is 0 Å². The molecule has 6 heteroatoms. The largest absolute Gasteiger partial charge is 0.462 e. The van der Waals surface area contributed by atoms with Crippen molar-refractivity contribution in [1.29, 1.82) is 0 Å². The predicted octanol–water partition coefficient (Wildman–Crippen LogP) is 17.3. The van der Waals surface area contributed by atoms with Gasteiger partial charge >= 0.3 is 17.9 Å². The molecule has 1 atom stereocenters. The first kappa shape index (κ1) is 59.1. The zero-order chi connectivity index (χ0) is 45.1. The third-order valence-electron chi connectivity index (χ3n) is 11.3. The lowest BCUT2D eigenvalue weighted by Gasteiger charge is -2.18. The van der Waals surface area contributed by atoms with Crippen LogP contribution in [0.2, 0.25) is 0 Å². The number of allylic oxidation sites excluding steroid dienone is 10. The number of ether oxygens (including phenoxy) is 3. The van der Waals surface area contributed by atoms with Crippen molar-refractivity contribution in [1.82, 2.24) is 0 Å². The lowest BCUT2D eigenvalue weighted by Crippen LogP contribution is -2.30. The molecule has 0 heterocycles. The summed E-state index contributed by atoms with van der Waals surface area (Å²) in [6, 6.07) is 0. The summed E-state index contributed by atoms with van der Waals surface area (Å²) in [4.78, 5) is 38.0. The third-order valence-corrected chi connectivity index (χ3v) is 11.3. The Morgan fingerprint density at radius 2 is 0.629 bits per heavy atom. The molecule has 0 fully saturated rings. The van der Waals surface area contributed by atoms with E-state index in [1.807, 2.05) is 0 Å². The lowest BCUT2D eigenvalue weighted by molar-refractivity contribution is -0.167. The highest BCUT2D eigenvalue weighted by atomic mass is 16.6. The van der Waals surface area contributed by atoms with Crippen molar-refractivity contribution in [3.63, 3.8) is 0 Å². The van der Waals surface area contributed by atoms with Crippen LogP contribution in [0.3, 0.4) is 0 Å². The number of rotatable bonds is 47. The van der Waals surface area contributed by atoms with Crippen LogP contribution in [0.5, 0.6) is 0 Å². The number of carbonyl (C=O) groups is 3. The van der Waals surface area contributed by atoms with Gasteiger partial charge in [0.1, 0.15) is 13.2 Å². The summed E-state index contributed by atoms with van der Waals surface area (Å²) in [6.45, 7) is 6.50. The molecule has 0 saturated carbocycles. The molecule has 6 nitrogen and oxygen atoms in total. The van der Waals surface area contributed by atoms with Crippen molar-refractivity contribution in [3.05, 3.63) is 60.8 Å². The Labute approximate surface area is 383 Å². The average molecular weight is 867 g/mol. The van der Waals surface area contributed by atoms with Gasteiger partial charge in [0.2, 0.25) is 0 Å². The highest BCUT2D eigenvalue weighted by molar-refractivity contribution is 5.71. The van der Waals surface area contributed by atoms with Gasteiger partial charge in [-0.15, -0.1) is 0 Å². The van der Waals surface area contributed by atoms with Crippen molar-refractivity contribution in [2.75, 3.05) is 13.2 Å². The molecule has 0 radical (unpaired) electrons. The van der Waals surface area contributed by atoms with Crippen LogP contribution in [-0.2, 0) is 28.6 Å². The molecule has 0 N–H and O–H groups in total. The zero-order valence-corrected chi connectivity index (χ0v) is 40.9. The van der Waals surface area contributed by atoms with Gasteiger partial charge in [0.05, 0.1) is 0 Å². The Hall–Kier alpha value is -2.89. The zero-order valence-electron chi connectivity index (χ0n) is 40.9. The summed E-state index contributed by atoms with van der Waals surface area (Å²) >= 11 is 0. The molecule has 0 aliphatic heterocycles. The van der Waals surface area contributed by atoms with Crippen LogP contribution >= 0.6 is 0 Å². The number of unbranched alkanes of at least 4 members (excludes halogenated alkanes) is 26. The number of hydrogen-bond acceptors (Lipinski definition) is 6. The summed E-state index contributed by atoms with van der Waals surface area (Å²) in [6.07, 6.45) is 62.0. The third kappa shape index (κ3) is 48.1. The molecule has 0 saturated heterocycles. The van der Waals surface area contributed by atoms with Crippen molar-refractivity contribution >= 4 is 17.9 Å². The molecule has 0 bridgehead atoms. The van der Waals surface area contributed by atoms with Crippen molar-refractivity contribution in [3.8, 4) is 0 Å². The van der Waals surface area contributed by atoms with Crippen molar-refractivity contribution < 1.29 is 28.6 Å². The highest BCUT2D eigenvalue weighted by Crippen LogP contribution is 2.15. The Kier molecular flexibility index (Phi) is 48.4. The van der Waals surface area contributed by atoms with Gasteiger partial charge in [-0.05, 0) is 64.2 Å². The molecular formula is C56H98O6. The quantitative estimate of drug-likeness (QED) is 0.0262. The fourth-order valence-corrected chi connectivity index (χ4v) is 7.35. The van der Waals surface area contributed by atoms with Gasteiger partial charge in [-0.1, -0.05) is 236 Å². The normalized spacial score (nSPS) is 12.5. The van der Waals surface area contributed by atoms with Gasteiger partial charge in [0.25, 0.3) is 0 Å². The molecule has 0 spiro atoms. The Bertz CT molecular complexity index is 1130. The van der Waals surface area contributed by atoms with E-state index in [-0.39, 0.29) is 31.1 Å². The smallest absolute Gasteiger partial charge is 0.306 e. The van der Waals surface area contributed by atoms with E-state index in [2.05, 4.69) is 81.5 Å². The molecular weight excluding hydrogens is 769 g/mol. The predicted molar refractivity (Wildman–Crippen MR) is 265 cm³/mol. The fourth-order valence-electron chi connectivity index (χ4n) is 7.35. The van der Waals surface area contributed by atoms with E-state index in [4.69, 9.17) is 14.2 Å². The summed E-state index contributed by atoms with van der Waals surface area (Å²) in [5.74, 6) is -0.908. The Morgan fingerprint density at radius 3 is 0.984 bits per heavy atom. The molecule has 358 valence electrons. The van der Waals surface area contributed by atoms with Crippen LogP contribution in [-0.4, -0.2) is 37.2 Å². The van der Waals surface area contributed by atoms with Gasteiger partial charge in [0.15, 0.2) is 6.10 Å². The molecule has 0 rings (SSSR count). The van der Waals surface area contributed by atoms with E-state index in [1.165, 1.54) is 122 Å². The van der Waals surface area contributed by atoms with E-state index >= 15 is 0 Å². The SMILES string of the molecule is CC/C=C\C/C=C\C/C=C\C/C=C\C/C=C\CCCCCC(=O)OC[C@@H](COC(=O)CCCCCCCCCCCCCC)OC(=O)CCCCCCCCCCCCCCC. The summed E-state index contributed by atoms with van der Waals surface area (Å²) in [5, 5.41) is 0. The van der Waals surface area contributed by atoms with Crippen LogP contribution < -0.4 is 0 Å². The minimum Gasteiger partial charge on any atom is -0.462 e. The molecule has 0 aromatic heterocycles. The van der Waals surface area contributed by atoms with E-state index in [1.54, 1.807) is 0 Å². The standard InChI is InChI=1S/C56H98O6/c1-4-7-10-13-16-19-22-25-26-27-28-29-30-32-34-37-40-43-46-49-55(58)61-52-53(51-60-54(57)48-45-42-39-36-33-24-21-18-15-12-9-6-3)62-56(59)50-47-44-41-38-35-31-23-20-17-14-11-8-5-2/h7,10,16,19,25-26,28-29,32,34,53H,4-6,8-9,11-15,17-18,20-24,27,30-31,33,35-52H2,1-3H3/b10-7-,19-16-,26-25-,29-28-,34-32-/t53-/m1/s1. The van der Waals surface area contributed by atoms with Gasteiger partial charge in [0, 0.05) is 19.3 Å². The van der Waals surface area contributed by atoms with Crippen LogP contribution in [0.1, 0.15) is 258 Å². The first-order valence-corrected chi connectivity index (χ1v) is 26.3.